The van der Waals surface area contributed by atoms with Crippen LogP contribution >= 0.6 is 0 Å². The molecule has 1 saturated heterocycles. The number of imidazole rings is 1. The fraction of sp³-hybridized carbons (Fsp3) is 0.250. The highest BCUT2D eigenvalue weighted by atomic mass is 32.2. The molecule has 2 atom stereocenters. The van der Waals surface area contributed by atoms with E-state index in [0.717, 1.165) is 5.56 Å². The molecule has 0 saturated carbocycles. The van der Waals surface area contributed by atoms with Crippen LogP contribution in [0.3, 0.4) is 0 Å². The first-order valence-corrected chi connectivity index (χ1v) is 10.7. The van der Waals surface area contributed by atoms with E-state index in [2.05, 4.69) is 9.71 Å². The van der Waals surface area contributed by atoms with Gasteiger partial charge in [-0.15, -0.1) is 0 Å². The van der Waals surface area contributed by atoms with Crippen LogP contribution in [-0.4, -0.2) is 41.1 Å². The Morgan fingerprint density at radius 3 is 2.66 bits per heavy atom. The molecule has 2 aromatic heterocycles. The van der Waals surface area contributed by atoms with Gasteiger partial charge in [0.1, 0.15) is 5.65 Å². The van der Waals surface area contributed by atoms with Gasteiger partial charge in [0.05, 0.1) is 18.2 Å². The largest absolute Gasteiger partial charge is 0.335 e. The molecule has 1 N–H and O–H groups in total. The van der Waals surface area contributed by atoms with Gasteiger partial charge in [-0.3, -0.25) is 14.0 Å². The minimum Gasteiger partial charge on any atom is -0.335 e. The third-order valence-corrected chi connectivity index (χ3v) is 6.49. The Labute approximate surface area is 168 Å². The molecule has 0 radical (unpaired) electrons. The van der Waals surface area contributed by atoms with Crippen LogP contribution in [0.5, 0.6) is 0 Å². The highest BCUT2D eigenvalue weighted by molar-refractivity contribution is 7.90. The molecule has 9 heteroatoms. The van der Waals surface area contributed by atoms with Crippen molar-refractivity contribution in [2.75, 3.05) is 6.54 Å². The highest BCUT2D eigenvalue weighted by Gasteiger charge is 2.38. The molecule has 1 aliphatic heterocycles. The van der Waals surface area contributed by atoms with Crippen molar-refractivity contribution in [3.8, 4) is 0 Å². The van der Waals surface area contributed by atoms with Crippen molar-refractivity contribution < 1.29 is 18.0 Å². The quantitative estimate of drug-likeness (QED) is 0.688. The molecule has 1 aliphatic rings. The Kier molecular flexibility index (Phi) is 4.83. The predicted molar refractivity (Wildman–Crippen MR) is 105 cm³/mol. The molecule has 3 heterocycles. The van der Waals surface area contributed by atoms with Gasteiger partial charge in [0, 0.05) is 19.2 Å². The summed E-state index contributed by atoms with van der Waals surface area (Å²) in [5.74, 6) is -1.59. The number of nitrogens with zero attached hydrogens (tertiary/aromatic N) is 3. The van der Waals surface area contributed by atoms with E-state index in [4.69, 9.17) is 0 Å². The number of amides is 2. The molecule has 8 nitrogen and oxygen atoms in total. The smallest absolute Gasteiger partial charge is 0.281 e. The Balaban J connectivity index is 1.50. The highest BCUT2D eigenvalue weighted by Crippen LogP contribution is 2.28. The van der Waals surface area contributed by atoms with Gasteiger partial charge in [-0.25, -0.2) is 9.71 Å². The van der Waals surface area contributed by atoms with E-state index in [-0.39, 0.29) is 29.9 Å². The van der Waals surface area contributed by atoms with Crippen molar-refractivity contribution in [3.63, 3.8) is 0 Å². The second kappa shape index (κ2) is 7.32. The summed E-state index contributed by atoms with van der Waals surface area (Å²) in [5.41, 5.74) is 1.42. The topological polar surface area (TPSA) is 101 Å². The van der Waals surface area contributed by atoms with Gasteiger partial charge < -0.3 is 4.90 Å². The Bertz CT molecular complexity index is 1170. The van der Waals surface area contributed by atoms with Crippen LogP contribution in [0, 0.1) is 5.92 Å². The molecular weight excluding hydrogens is 392 g/mol. The Morgan fingerprint density at radius 2 is 1.90 bits per heavy atom. The maximum absolute atomic E-state index is 12.7. The second-order valence-corrected chi connectivity index (χ2v) is 8.66. The number of aromatic nitrogens is 2. The zero-order valence-corrected chi connectivity index (χ0v) is 16.5. The van der Waals surface area contributed by atoms with E-state index < -0.39 is 21.8 Å². The fourth-order valence-electron chi connectivity index (χ4n) is 3.57. The number of rotatable bonds is 5. The molecule has 0 spiro atoms. The van der Waals surface area contributed by atoms with Gasteiger partial charge in [0.15, 0.2) is 5.03 Å². The molecular formula is C20H20N4O4S. The van der Waals surface area contributed by atoms with Crippen molar-refractivity contribution in [1.29, 1.82) is 0 Å². The van der Waals surface area contributed by atoms with Crippen LogP contribution in [0.15, 0.2) is 66.0 Å². The SMILES string of the molecule is CC(c1ccccc1)N1CC(C(=O)NS(=O)(=O)c2cnc3ccccn23)CC1=O. The minimum atomic E-state index is -4.12. The molecule has 2 unspecified atom stereocenters. The average molecular weight is 412 g/mol. The standard InChI is InChI=1S/C20H20N4O4S/c1-14(15-7-3-2-4-8-15)24-13-16(11-18(24)25)20(26)22-29(27,28)19-12-21-17-9-5-6-10-23(17)19/h2-10,12,14,16H,11,13H2,1H3,(H,22,26). The zero-order chi connectivity index (χ0) is 20.6. The number of sulfonamides is 1. The second-order valence-electron chi connectivity index (χ2n) is 7.03. The summed E-state index contributed by atoms with van der Waals surface area (Å²) in [6.07, 6.45) is 2.74. The van der Waals surface area contributed by atoms with Crippen molar-refractivity contribution in [2.24, 2.45) is 5.92 Å². The molecule has 29 heavy (non-hydrogen) atoms. The van der Waals surface area contributed by atoms with Crippen molar-refractivity contribution >= 4 is 27.5 Å². The Morgan fingerprint density at radius 1 is 1.17 bits per heavy atom. The third-order valence-electron chi connectivity index (χ3n) is 5.17. The van der Waals surface area contributed by atoms with Gasteiger partial charge in [-0.05, 0) is 24.6 Å². The monoisotopic (exact) mass is 412 g/mol. The van der Waals surface area contributed by atoms with E-state index in [0.29, 0.717) is 5.65 Å². The lowest BCUT2D eigenvalue weighted by Gasteiger charge is -2.25. The number of carbonyl (C=O) groups is 2. The summed E-state index contributed by atoms with van der Waals surface area (Å²) in [6, 6.07) is 14.4. The van der Waals surface area contributed by atoms with Crippen LogP contribution in [0.2, 0.25) is 0 Å². The summed E-state index contributed by atoms with van der Waals surface area (Å²) in [6.45, 7) is 2.06. The summed E-state index contributed by atoms with van der Waals surface area (Å²) in [5, 5.41) is -0.125. The van der Waals surface area contributed by atoms with Crippen molar-refractivity contribution in [1.82, 2.24) is 19.0 Å². The lowest BCUT2D eigenvalue weighted by atomic mass is 10.1. The van der Waals surface area contributed by atoms with Gasteiger partial charge in [0.2, 0.25) is 11.8 Å². The zero-order valence-electron chi connectivity index (χ0n) is 15.7. The molecule has 4 rings (SSSR count). The summed E-state index contributed by atoms with van der Waals surface area (Å²) in [7, 11) is -4.12. The number of hydrogen-bond acceptors (Lipinski definition) is 5. The van der Waals surface area contributed by atoms with E-state index in [9.17, 15) is 18.0 Å². The summed E-state index contributed by atoms with van der Waals surface area (Å²) >= 11 is 0. The molecule has 1 aromatic carbocycles. The predicted octanol–water partition coefficient (Wildman–Crippen LogP) is 1.75. The number of likely N-dealkylation sites (tertiary alicyclic amines) is 1. The lowest BCUT2D eigenvalue weighted by molar-refractivity contribution is -0.130. The third kappa shape index (κ3) is 3.61. The van der Waals surface area contributed by atoms with Crippen molar-refractivity contribution in [3.05, 3.63) is 66.5 Å². The molecule has 0 bridgehead atoms. The summed E-state index contributed by atoms with van der Waals surface area (Å²) in [4.78, 5) is 30.8. The van der Waals surface area contributed by atoms with Gasteiger partial charge in [-0.2, -0.15) is 8.42 Å². The summed E-state index contributed by atoms with van der Waals surface area (Å²) < 4.78 is 28.9. The first kappa shape index (κ1) is 19.1. The van der Waals surface area contributed by atoms with E-state index in [1.165, 1.54) is 10.6 Å². The molecule has 3 aromatic rings. The number of fused-ring (bicyclic) bond motifs is 1. The fourth-order valence-corrected chi connectivity index (χ4v) is 4.71. The van der Waals surface area contributed by atoms with Gasteiger partial charge in [0.25, 0.3) is 10.0 Å². The first-order chi connectivity index (χ1) is 13.9. The normalized spacial score (nSPS) is 18.2. The number of benzene rings is 1. The van der Waals surface area contributed by atoms with Gasteiger partial charge in [-0.1, -0.05) is 36.4 Å². The maximum atomic E-state index is 12.7. The lowest BCUT2D eigenvalue weighted by Crippen LogP contribution is -2.37. The van der Waals surface area contributed by atoms with Crippen LogP contribution in [-0.2, 0) is 19.6 Å². The number of hydrogen-bond donors (Lipinski definition) is 1. The van der Waals surface area contributed by atoms with Crippen molar-refractivity contribution in [2.45, 2.75) is 24.4 Å². The molecule has 1 fully saturated rings. The van der Waals surface area contributed by atoms with E-state index in [1.54, 1.807) is 29.3 Å². The van der Waals surface area contributed by atoms with Crippen LogP contribution < -0.4 is 4.72 Å². The molecule has 2 amide bonds. The van der Waals surface area contributed by atoms with Crippen LogP contribution in [0.1, 0.15) is 24.9 Å². The number of carbonyl (C=O) groups excluding carboxylic acids is 2. The average Bonchev–Trinajstić information content (AvgIpc) is 3.32. The van der Waals surface area contributed by atoms with Gasteiger partial charge >= 0.3 is 0 Å². The number of pyridine rings is 1. The van der Waals surface area contributed by atoms with Crippen LogP contribution in [0.25, 0.3) is 5.65 Å². The molecule has 150 valence electrons. The molecule has 0 aliphatic carbocycles. The minimum absolute atomic E-state index is 0.0221. The van der Waals surface area contributed by atoms with Crippen LogP contribution in [0.4, 0.5) is 0 Å². The maximum Gasteiger partial charge on any atom is 0.281 e. The van der Waals surface area contributed by atoms with E-state index >= 15 is 0 Å². The number of nitrogens with one attached hydrogen (secondary N) is 1. The first-order valence-electron chi connectivity index (χ1n) is 9.20. The van der Waals surface area contributed by atoms with E-state index in [1.807, 2.05) is 37.3 Å². The Hall–Kier alpha value is -3.20.